The van der Waals surface area contributed by atoms with Crippen molar-refractivity contribution in [2.75, 3.05) is 11.4 Å². The Bertz CT molecular complexity index is 849. The quantitative estimate of drug-likeness (QED) is 0.223. The van der Waals surface area contributed by atoms with Crippen LogP contribution in [0, 0.1) is 0 Å². The number of nitrogens with zero attached hydrogens (tertiary/aromatic N) is 1. The van der Waals surface area contributed by atoms with Crippen molar-refractivity contribution in [3.8, 4) is 0 Å². The van der Waals surface area contributed by atoms with Gasteiger partial charge in [0.15, 0.2) is 0 Å². The third-order valence-electron chi connectivity index (χ3n) is 6.36. The van der Waals surface area contributed by atoms with Crippen LogP contribution in [0.15, 0.2) is 72.8 Å². The van der Waals surface area contributed by atoms with Crippen molar-refractivity contribution in [1.82, 2.24) is 0 Å². The molecule has 0 atom stereocenters. The van der Waals surface area contributed by atoms with Crippen molar-refractivity contribution in [3.05, 3.63) is 72.8 Å². The summed E-state index contributed by atoms with van der Waals surface area (Å²) < 4.78 is 0. The first kappa shape index (κ1) is 23.4. The average molecular weight is 416 g/mol. The van der Waals surface area contributed by atoms with E-state index in [-0.39, 0.29) is 0 Å². The first-order chi connectivity index (χ1) is 15.4. The van der Waals surface area contributed by atoms with Crippen molar-refractivity contribution in [3.63, 3.8) is 0 Å². The van der Waals surface area contributed by atoms with E-state index in [4.69, 9.17) is 0 Å². The molecule has 0 aliphatic carbocycles. The van der Waals surface area contributed by atoms with Gasteiger partial charge < -0.3 is 4.90 Å². The molecule has 0 saturated carbocycles. The molecule has 3 aromatic rings. The molecule has 0 saturated heterocycles. The molecule has 3 rings (SSSR count). The van der Waals surface area contributed by atoms with Crippen molar-refractivity contribution in [1.29, 1.82) is 0 Å². The summed E-state index contributed by atoms with van der Waals surface area (Å²) in [5.74, 6) is 0. The van der Waals surface area contributed by atoms with Crippen molar-refractivity contribution >= 4 is 22.1 Å². The summed E-state index contributed by atoms with van der Waals surface area (Å²) in [5, 5.41) is 2.66. The predicted octanol–water partition coefficient (Wildman–Crippen LogP) is 9.68. The fraction of sp³-hybridized carbons (Fsp3) is 0.467. The summed E-state index contributed by atoms with van der Waals surface area (Å²) in [6, 6.07) is 26.3. The van der Waals surface area contributed by atoms with Crippen molar-refractivity contribution in [2.24, 2.45) is 0 Å². The minimum absolute atomic E-state index is 1.08. The summed E-state index contributed by atoms with van der Waals surface area (Å²) in [6.45, 7) is 3.37. The number of hydrogen-bond acceptors (Lipinski definition) is 1. The molecule has 0 spiro atoms. The zero-order valence-electron chi connectivity index (χ0n) is 19.6. The van der Waals surface area contributed by atoms with Gasteiger partial charge in [-0.25, -0.2) is 0 Å². The van der Waals surface area contributed by atoms with Crippen LogP contribution >= 0.6 is 0 Å². The van der Waals surface area contributed by atoms with E-state index in [0.717, 1.165) is 6.54 Å². The molecule has 0 heterocycles. The Balaban J connectivity index is 1.46. The SMILES string of the molecule is CCCCCCCCCCCCCCN(c1ccccc1)c1cccc2ccccc12. The smallest absolute Gasteiger partial charge is 0.0490 e. The lowest BCUT2D eigenvalue weighted by Crippen LogP contribution is -2.18. The molecular weight excluding hydrogens is 374 g/mol. The fourth-order valence-corrected chi connectivity index (χ4v) is 4.55. The maximum Gasteiger partial charge on any atom is 0.0490 e. The lowest BCUT2D eigenvalue weighted by atomic mass is 10.0. The van der Waals surface area contributed by atoms with Gasteiger partial charge >= 0.3 is 0 Å². The minimum Gasteiger partial charge on any atom is -0.341 e. The summed E-state index contributed by atoms with van der Waals surface area (Å²) in [7, 11) is 0. The highest BCUT2D eigenvalue weighted by Gasteiger charge is 2.11. The predicted molar refractivity (Wildman–Crippen MR) is 138 cm³/mol. The normalized spacial score (nSPS) is 11.1. The van der Waals surface area contributed by atoms with Gasteiger partial charge in [0.1, 0.15) is 0 Å². The Morgan fingerprint density at radius 3 is 1.74 bits per heavy atom. The third kappa shape index (κ3) is 7.73. The number of unbranched alkanes of at least 4 members (excludes halogenated alkanes) is 11. The van der Waals surface area contributed by atoms with Crippen LogP contribution in [0.3, 0.4) is 0 Å². The molecule has 0 radical (unpaired) electrons. The van der Waals surface area contributed by atoms with Gasteiger partial charge in [-0.05, 0) is 30.0 Å². The molecule has 0 N–H and O–H groups in total. The van der Waals surface area contributed by atoms with Crippen LogP contribution in [-0.4, -0.2) is 6.54 Å². The van der Waals surface area contributed by atoms with Gasteiger partial charge in [-0.2, -0.15) is 0 Å². The van der Waals surface area contributed by atoms with Gasteiger partial charge in [0.05, 0.1) is 0 Å². The largest absolute Gasteiger partial charge is 0.341 e. The number of anilines is 2. The van der Waals surface area contributed by atoms with Gasteiger partial charge in [0.25, 0.3) is 0 Å². The molecule has 0 amide bonds. The average Bonchev–Trinajstić information content (AvgIpc) is 2.82. The van der Waals surface area contributed by atoms with Gasteiger partial charge in [0, 0.05) is 23.3 Å². The van der Waals surface area contributed by atoms with E-state index in [1.165, 1.54) is 99.2 Å². The number of para-hydroxylation sites is 1. The standard InChI is InChI=1S/C30H41N/c1-2-3-4-5-6-7-8-9-10-11-12-18-26-31(28-22-14-13-15-23-28)30-25-19-21-27-20-16-17-24-29(27)30/h13-17,19-25H,2-12,18,26H2,1H3. The first-order valence-corrected chi connectivity index (χ1v) is 12.7. The number of rotatable bonds is 15. The molecule has 0 aliphatic rings. The van der Waals surface area contributed by atoms with Crippen LogP contribution in [0.5, 0.6) is 0 Å². The summed E-state index contributed by atoms with van der Waals surface area (Å²) >= 11 is 0. The van der Waals surface area contributed by atoms with E-state index in [9.17, 15) is 0 Å². The fourth-order valence-electron chi connectivity index (χ4n) is 4.55. The molecule has 0 unspecified atom stereocenters. The van der Waals surface area contributed by atoms with Crippen molar-refractivity contribution < 1.29 is 0 Å². The Hall–Kier alpha value is -2.28. The van der Waals surface area contributed by atoms with Gasteiger partial charge in [-0.1, -0.05) is 132 Å². The molecule has 166 valence electrons. The highest BCUT2D eigenvalue weighted by Crippen LogP contribution is 2.32. The Morgan fingerprint density at radius 1 is 0.516 bits per heavy atom. The zero-order valence-corrected chi connectivity index (χ0v) is 19.6. The van der Waals surface area contributed by atoms with Crippen LogP contribution in [0.25, 0.3) is 10.8 Å². The first-order valence-electron chi connectivity index (χ1n) is 12.7. The monoisotopic (exact) mass is 415 g/mol. The molecule has 1 nitrogen and oxygen atoms in total. The minimum atomic E-state index is 1.08. The molecule has 0 bridgehead atoms. The van der Waals surface area contributed by atoms with E-state index in [2.05, 4.69) is 84.6 Å². The van der Waals surface area contributed by atoms with E-state index >= 15 is 0 Å². The molecular formula is C30H41N. The molecule has 0 fully saturated rings. The maximum atomic E-state index is 2.51. The molecule has 3 aromatic carbocycles. The van der Waals surface area contributed by atoms with E-state index < -0.39 is 0 Å². The zero-order chi connectivity index (χ0) is 21.6. The highest BCUT2D eigenvalue weighted by molar-refractivity contribution is 5.96. The number of benzene rings is 3. The molecule has 0 aliphatic heterocycles. The second kappa shape index (κ2) is 13.9. The second-order valence-electron chi connectivity index (χ2n) is 8.87. The summed E-state index contributed by atoms with van der Waals surface area (Å²) in [5.41, 5.74) is 2.62. The van der Waals surface area contributed by atoms with Crippen LogP contribution in [0.2, 0.25) is 0 Å². The second-order valence-corrected chi connectivity index (χ2v) is 8.87. The van der Waals surface area contributed by atoms with Crippen LogP contribution in [0.4, 0.5) is 11.4 Å². The van der Waals surface area contributed by atoms with E-state index in [0.29, 0.717) is 0 Å². The highest BCUT2D eigenvalue weighted by atomic mass is 15.1. The third-order valence-corrected chi connectivity index (χ3v) is 6.36. The van der Waals surface area contributed by atoms with Crippen LogP contribution < -0.4 is 4.90 Å². The number of hydrogen-bond donors (Lipinski definition) is 0. The lowest BCUT2D eigenvalue weighted by molar-refractivity contribution is 0.545. The van der Waals surface area contributed by atoms with Gasteiger partial charge in [-0.3, -0.25) is 0 Å². The van der Waals surface area contributed by atoms with Crippen LogP contribution in [0.1, 0.15) is 84.0 Å². The Labute approximate surface area is 190 Å². The van der Waals surface area contributed by atoms with Gasteiger partial charge in [0.2, 0.25) is 0 Å². The Kier molecular flexibility index (Phi) is 10.5. The van der Waals surface area contributed by atoms with Crippen LogP contribution in [-0.2, 0) is 0 Å². The maximum absolute atomic E-state index is 2.51. The Morgan fingerprint density at radius 2 is 1.06 bits per heavy atom. The summed E-state index contributed by atoms with van der Waals surface area (Å²) in [4.78, 5) is 2.51. The lowest BCUT2D eigenvalue weighted by Gasteiger charge is -2.26. The molecule has 0 aromatic heterocycles. The summed E-state index contributed by atoms with van der Waals surface area (Å²) in [6.07, 6.45) is 16.7. The molecule has 1 heteroatoms. The number of fused-ring (bicyclic) bond motifs is 1. The topological polar surface area (TPSA) is 3.24 Å². The van der Waals surface area contributed by atoms with E-state index in [1.807, 2.05) is 0 Å². The van der Waals surface area contributed by atoms with Crippen molar-refractivity contribution in [2.45, 2.75) is 84.0 Å². The van der Waals surface area contributed by atoms with Gasteiger partial charge in [-0.15, -0.1) is 0 Å². The molecule has 31 heavy (non-hydrogen) atoms. The van der Waals surface area contributed by atoms with E-state index in [1.54, 1.807) is 0 Å².